The van der Waals surface area contributed by atoms with E-state index in [4.69, 9.17) is 5.26 Å². The Labute approximate surface area is 133 Å². The van der Waals surface area contributed by atoms with Crippen LogP contribution in [0.4, 0.5) is 0 Å². The highest BCUT2D eigenvalue weighted by Crippen LogP contribution is 2.19. The van der Waals surface area contributed by atoms with E-state index in [0.717, 1.165) is 57.2 Å². The summed E-state index contributed by atoms with van der Waals surface area (Å²) in [7, 11) is 0. The van der Waals surface area contributed by atoms with Crippen LogP contribution in [0.3, 0.4) is 0 Å². The van der Waals surface area contributed by atoms with Gasteiger partial charge in [-0.25, -0.2) is 0 Å². The second-order valence-corrected chi connectivity index (χ2v) is 6.10. The molecule has 1 atom stereocenters. The predicted octanol–water partition coefficient (Wildman–Crippen LogP) is 3.72. The van der Waals surface area contributed by atoms with Crippen LogP contribution in [0.15, 0.2) is 18.3 Å². The molecule has 0 saturated carbocycles. The second-order valence-electron chi connectivity index (χ2n) is 6.10. The number of aromatic nitrogens is 1. The van der Waals surface area contributed by atoms with Crippen LogP contribution >= 0.6 is 0 Å². The molecule has 1 aliphatic heterocycles. The molecule has 1 aromatic heterocycles. The fraction of sp³-hybridized carbons (Fsp3) is 0.611. The first-order valence-electron chi connectivity index (χ1n) is 8.35. The quantitative estimate of drug-likeness (QED) is 0.721. The summed E-state index contributed by atoms with van der Waals surface area (Å²) in [6.07, 6.45) is 9.85. The third kappa shape index (κ3) is 4.56. The summed E-state index contributed by atoms with van der Waals surface area (Å²) in [5, 5.41) is 8.48. The Kier molecular flexibility index (Phi) is 6.39. The number of amides is 1. The number of likely N-dealkylation sites (tertiary alicyclic amines) is 1. The first kappa shape index (κ1) is 16.5. The Morgan fingerprint density at radius 3 is 2.82 bits per heavy atom. The Bertz CT molecular complexity index is 518. The van der Waals surface area contributed by atoms with Crippen LogP contribution in [-0.2, 0) is 6.42 Å². The van der Waals surface area contributed by atoms with Gasteiger partial charge in [-0.05, 0) is 51.2 Å². The zero-order valence-corrected chi connectivity index (χ0v) is 13.4. The number of carbonyl (C=O) groups excluding carboxylic acids is 1. The predicted molar refractivity (Wildman–Crippen MR) is 86.4 cm³/mol. The van der Waals surface area contributed by atoms with Gasteiger partial charge in [0.05, 0.1) is 11.6 Å². The van der Waals surface area contributed by atoms with E-state index in [1.165, 1.54) is 0 Å². The molecular weight excluding hydrogens is 274 g/mol. The SMILES string of the molecule is CC1CCCN1C(=O)c1ccc(CCCCCCC#N)nc1. The molecular formula is C18H25N3O. The maximum atomic E-state index is 12.4. The molecule has 1 saturated heterocycles. The monoisotopic (exact) mass is 299 g/mol. The van der Waals surface area contributed by atoms with E-state index in [-0.39, 0.29) is 5.91 Å². The fourth-order valence-corrected chi connectivity index (χ4v) is 2.96. The zero-order valence-electron chi connectivity index (χ0n) is 13.4. The largest absolute Gasteiger partial charge is 0.336 e. The minimum absolute atomic E-state index is 0.112. The molecule has 0 radical (unpaired) electrons. The molecule has 1 aromatic rings. The summed E-state index contributed by atoms with van der Waals surface area (Å²) >= 11 is 0. The molecule has 2 heterocycles. The van der Waals surface area contributed by atoms with Gasteiger partial charge >= 0.3 is 0 Å². The van der Waals surface area contributed by atoms with Crippen LogP contribution in [0.5, 0.6) is 0 Å². The third-order valence-corrected chi connectivity index (χ3v) is 4.36. The first-order chi connectivity index (χ1) is 10.7. The van der Waals surface area contributed by atoms with E-state index in [0.29, 0.717) is 18.0 Å². The number of rotatable bonds is 7. The highest BCUT2D eigenvalue weighted by Gasteiger charge is 2.25. The maximum absolute atomic E-state index is 12.4. The normalized spacial score (nSPS) is 17.5. The van der Waals surface area contributed by atoms with Crippen LogP contribution < -0.4 is 0 Å². The van der Waals surface area contributed by atoms with Gasteiger partial charge in [-0.1, -0.05) is 12.8 Å². The van der Waals surface area contributed by atoms with Crippen molar-refractivity contribution >= 4 is 5.91 Å². The van der Waals surface area contributed by atoms with Gasteiger partial charge in [-0.3, -0.25) is 9.78 Å². The van der Waals surface area contributed by atoms with Crippen molar-refractivity contribution in [1.29, 1.82) is 5.26 Å². The number of aryl methyl sites for hydroxylation is 1. The number of nitrogens with zero attached hydrogens (tertiary/aromatic N) is 3. The average molecular weight is 299 g/mol. The van der Waals surface area contributed by atoms with Crippen LogP contribution in [0.2, 0.25) is 0 Å². The molecule has 22 heavy (non-hydrogen) atoms. The zero-order chi connectivity index (χ0) is 15.8. The molecule has 0 spiro atoms. The van der Waals surface area contributed by atoms with E-state index in [2.05, 4.69) is 18.0 Å². The van der Waals surface area contributed by atoms with Crippen molar-refractivity contribution in [3.8, 4) is 6.07 Å². The summed E-state index contributed by atoms with van der Waals surface area (Å²) in [6, 6.07) is 6.40. The second kappa shape index (κ2) is 8.53. The van der Waals surface area contributed by atoms with Crippen LogP contribution in [0.1, 0.15) is 67.9 Å². The lowest BCUT2D eigenvalue weighted by molar-refractivity contribution is 0.0747. The molecule has 1 amide bonds. The molecule has 1 fully saturated rings. The number of hydrogen-bond acceptors (Lipinski definition) is 3. The number of hydrogen-bond donors (Lipinski definition) is 0. The van der Waals surface area contributed by atoms with Gasteiger partial charge in [0.25, 0.3) is 5.91 Å². The van der Waals surface area contributed by atoms with E-state index < -0.39 is 0 Å². The molecule has 0 bridgehead atoms. The highest BCUT2D eigenvalue weighted by molar-refractivity contribution is 5.94. The van der Waals surface area contributed by atoms with Crippen molar-refractivity contribution < 1.29 is 4.79 Å². The van der Waals surface area contributed by atoms with E-state index in [9.17, 15) is 4.79 Å². The number of unbranched alkanes of at least 4 members (excludes halogenated alkanes) is 4. The van der Waals surface area contributed by atoms with Gasteiger partial charge < -0.3 is 4.90 Å². The van der Waals surface area contributed by atoms with Gasteiger partial charge in [0.2, 0.25) is 0 Å². The molecule has 2 rings (SSSR count). The van der Waals surface area contributed by atoms with Gasteiger partial charge in [0.15, 0.2) is 0 Å². The van der Waals surface area contributed by atoms with Gasteiger partial charge in [-0.2, -0.15) is 5.26 Å². The Balaban J connectivity index is 1.78. The maximum Gasteiger partial charge on any atom is 0.255 e. The third-order valence-electron chi connectivity index (χ3n) is 4.36. The first-order valence-corrected chi connectivity index (χ1v) is 8.35. The molecule has 0 aromatic carbocycles. The average Bonchev–Trinajstić information content (AvgIpc) is 2.97. The lowest BCUT2D eigenvalue weighted by Crippen LogP contribution is -2.33. The summed E-state index contributed by atoms with van der Waals surface area (Å²) in [4.78, 5) is 18.8. The molecule has 0 aliphatic carbocycles. The number of pyridine rings is 1. The Morgan fingerprint density at radius 2 is 2.18 bits per heavy atom. The minimum Gasteiger partial charge on any atom is -0.336 e. The van der Waals surface area contributed by atoms with Gasteiger partial charge in [0, 0.05) is 30.9 Å². The van der Waals surface area contributed by atoms with Gasteiger partial charge in [-0.15, -0.1) is 0 Å². The molecule has 4 nitrogen and oxygen atoms in total. The summed E-state index contributed by atoms with van der Waals surface area (Å²) in [6.45, 7) is 2.98. The summed E-state index contributed by atoms with van der Waals surface area (Å²) < 4.78 is 0. The van der Waals surface area contributed by atoms with Crippen molar-refractivity contribution in [2.45, 2.75) is 64.3 Å². The van der Waals surface area contributed by atoms with E-state index in [1.807, 2.05) is 17.0 Å². The van der Waals surface area contributed by atoms with Crippen molar-refractivity contribution in [2.24, 2.45) is 0 Å². The highest BCUT2D eigenvalue weighted by atomic mass is 16.2. The van der Waals surface area contributed by atoms with Crippen molar-refractivity contribution in [2.75, 3.05) is 6.54 Å². The van der Waals surface area contributed by atoms with Crippen LogP contribution in [0, 0.1) is 11.3 Å². The van der Waals surface area contributed by atoms with Crippen molar-refractivity contribution in [3.63, 3.8) is 0 Å². The van der Waals surface area contributed by atoms with Crippen LogP contribution in [0.25, 0.3) is 0 Å². The summed E-state index contributed by atoms with van der Waals surface area (Å²) in [5.41, 5.74) is 1.75. The topological polar surface area (TPSA) is 57.0 Å². The molecule has 4 heteroatoms. The number of carbonyl (C=O) groups is 1. The van der Waals surface area contributed by atoms with E-state index >= 15 is 0 Å². The summed E-state index contributed by atoms with van der Waals surface area (Å²) in [5.74, 6) is 0.112. The van der Waals surface area contributed by atoms with Crippen molar-refractivity contribution in [3.05, 3.63) is 29.6 Å². The molecule has 1 unspecified atom stereocenters. The van der Waals surface area contributed by atoms with Gasteiger partial charge in [0.1, 0.15) is 0 Å². The lowest BCUT2D eigenvalue weighted by atomic mass is 10.1. The Morgan fingerprint density at radius 1 is 1.36 bits per heavy atom. The minimum atomic E-state index is 0.112. The number of nitriles is 1. The smallest absolute Gasteiger partial charge is 0.255 e. The van der Waals surface area contributed by atoms with Crippen molar-refractivity contribution in [1.82, 2.24) is 9.88 Å². The molecule has 1 aliphatic rings. The lowest BCUT2D eigenvalue weighted by Gasteiger charge is -2.21. The fourth-order valence-electron chi connectivity index (χ4n) is 2.96. The standard InChI is InChI=1S/C18H25N3O/c1-15-8-7-13-21(15)18(22)16-10-11-17(20-14-16)9-5-3-2-4-6-12-19/h10-11,14-15H,2-9,13H2,1H3. The molecule has 118 valence electrons. The van der Waals surface area contributed by atoms with Crippen LogP contribution in [-0.4, -0.2) is 28.4 Å². The van der Waals surface area contributed by atoms with E-state index in [1.54, 1.807) is 6.20 Å². The molecule has 0 N–H and O–H groups in total. The Hall–Kier alpha value is -1.89.